The molecule has 1 rings (SSSR count). The zero-order valence-electron chi connectivity index (χ0n) is 9.70. The Balaban J connectivity index is 3.01. The number of hydrogen-bond acceptors (Lipinski definition) is 2. The quantitative estimate of drug-likeness (QED) is 0.904. The van der Waals surface area contributed by atoms with E-state index in [1.165, 1.54) is 12.1 Å². The molecule has 96 valence electrons. The average Bonchev–Trinajstić information content (AvgIpc) is 2.21. The fourth-order valence-electron chi connectivity index (χ4n) is 1.50. The second-order valence-corrected chi connectivity index (χ2v) is 6.41. The summed E-state index contributed by atoms with van der Waals surface area (Å²) in [6.07, 6.45) is 1.68. The summed E-state index contributed by atoms with van der Waals surface area (Å²) in [5.74, 6) is 0. The van der Waals surface area contributed by atoms with Crippen molar-refractivity contribution in [3.63, 3.8) is 0 Å². The third-order valence-electron chi connectivity index (χ3n) is 2.26. The second kappa shape index (κ2) is 6.05. The molecule has 3 nitrogen and oxygen atoms in total. The van der Waals surface area contributed by atoms with E-state index in [-0.39, 0.29) is 16.0 Å². The van der Waals surface area contributed by atoms with Gasteiger partial charge in [0.2, 0.25) is 10.0 Å². The van der Waals surface area contributed by atoms with Gasteiger partial charge in [-0.05, 0) is 31.5 Å². The molecule has 0 heterocycles. The molecule has 0 radical (unpaired) electrons. The second-order valence-electron chi connectivity index (χ2n) is 3.89. The van der Waals surface area contributed by atoms with Gasteiger partial charge in [-0.1, -0.05) is 36.5 Å². The van der Waals surface area contributed by atoms with Gasteiger partial charge >= 0.3 is 0 Å². The van der Waals surface area contributed by atoms with E-state index in [1.54, 1.807) is 6.07 Å². The molecule has 0 saturated carbocycles. The lowest BCUT2D eigenvalue weighted by Gasteiger charge is -2.14. The molecular formula is C11H15Cl2NO2S. The first-order chi connectivity index (χ1) is 7.86. The summed E-state index contributed by atoms with van der Waals surface area (Å²) in [7, 11) is -3.60. The van der Waals surface area contributed by atoms with Crippen LogP contribution in [0, 0.1) is 0 Å². The average molecular weight is 296 g/mol. The van der Waals surface area contributed by atoms with Crippen LogP contribution in [0.4, 0.5) is 0 Å². The minimum absolute atomic E-state index is 0.0228. The van der Waals surface area contributed by atoms with E-state index in [0.717, 1.165) is 12.8 Å². The number of rotatable bonds is 5. The lowest BCUT2D eigenvalue weighted by molar-refractivity contribution is 0.544. The highest BCUT2D eigenvalue weighted by atomic mass is 35.5. The zero-order valence-corrected chi connectivity index (χ0v) is 12.0. The van der Waals surface area contributed by atoms with Gasteiger partial charge in [0.25, 0.3) is 0 Å². The highest BCUT2D eigenvalue weighted by molar-refractivity contribution is 7.89. The van der Waals surface area contributed by atoms with E-state index < -0.39 is 10.0 Å². The normalized spacial score (nSPS) is 13.6. The number of halogens is 2. The highest BCUT2D eigenvalue weighted by Gasteiger charge is 2.20. The fraction of sp³-hybridized carbons (Fsp3) is 0.455. The van der Waals surface area contributed by atoms with Crippen molar-refractivity contribution >= 4 is 33.2 Å². The van der Waals surface area contributed by atoms with Gasteiger partial charge in [0, 0.05) is 11.1 Å². The molecule has 1 atom stereocenters. The zero-order chi connectivity index (χ0) is 13.1. The Bertz CT molecular complexity index is 488. The standard InChI is InChI=1S/C11H15Cl2NO2S/c1-3-4-8(2)14-17(15,16)11-7-9(12)5-6-10(11)13/h5-8,14H,3-4H2,1-2H3/t8-/m1/s1. The number of sulfonamides is 1. The predicted octanol–water partition coefficient (Wildman–Crippen LogP) is 3.46. The van der Waals surface area contributed by atoms with Crippen molar-refractivity contribution in [2.45, 2.75) is 37.6 Å². The van der Waals surface area contributed by atoms with Gasteiger partial charge in [0.15, 0.2) is 0 Å². The van der Waals surface area contributed by atoms with Gasteiger partial charge in [-0.15, -0.1) is 0 Å². The van der Waals surface area contributed by atoms with Crippen LogP contribution in [0.5, 0.6) is 0 Å². The van der Waals surface area contributed by atoms with Crippen LogP contribution in [0.15, 0.2) is 23.1 Å². The molecule has 0 aliphatic heterocycles. The van der Waals surface area contributed by atoms with Crippen molar-refractivity contribution in [3.05, 3.63) is 28.2 Å². The summed E-state index contributed by atoms with van der Waals surface area (Å²) in [6, 6.07) is 4.26. The smallest absolute Gasteiger partial charge is 0.208 e. The first-order valence-electron chi connectivity index (χ1n) is 5.34. The van der Waals surface area contributed by atoms with Crippen LogP contribution in [0.25, 0.3) is 0 Å². The Morgan fingerprint density at radius 1 is 1.35 bits per heavy atom. The molecule has 0 fully saturated rings. The lowest BCUT2D eigenvalue weighted by Crippen LogP contribution is -2.32. The lowest BCUT2D eigenvalue weighted by atomic mass is 10.2. The molecule has 0 amide bonds. The van der Waals surface area contributed by atoms with E-state index in [4.69, 9.17) is 23.2 Å². The highest BCUT2D eigenvalue weighted by Crippen LogP contribution is 2.25. The van der Waals surface area contributed by atoms with E-state index >= 15 is 0 Å². The summed E-state index contributed by atoms with van der Waals surface area (Å²) in [4.78, 5) is 0.0228. The van der Waals surface area contributed by atoms with Crippen molar-refractivity contribution < 1.29 is 8.42 Å². The van der Waals surface area contributed by atoms with Crippen molar-refractivity contribution in [3.8, 4) is 0 Å². The largest absolute Gasteiger partial charge is 0.242 e. The molecule has 0 saturated heterocycles. The van der Waals surface area contributed by atoms with E-state index in [9.17, 15) is 8.42 Å². The molecule has 17 heavy (non-hydrogen) atoms. The maximum atomic E-state index is 12.0. The van der Waals surface area contributed by atoms with Crippen LogP contribution in [-0.2, 0) is 10.0 Å². The van der Waals surface area contributed by atoms with Gasteiger partial charge in [-0.3, -0.25) is 0 Å². The minimum Gasteiger partial charge on any atom is -0.208 e. The summed E-state index contributed by atoms with van der Waals surface area (Å²) >= 11 is 11.6. The van der Waals surface area contributed by atoms with Crippen LogP contribution in [-0.4, -0.2) is 14.5 Å². The monoisotopic (exact) mass is 295 g/mol. The third kappa shape index (κ3) is 4.14. The molecule has 0 aromatic heterocycles. The summed E-state index contributed by atoms with van der Waals surface area (Å²) < 4.78 is 26.6. The molecule has 0 aliphatic carbocycles. The minimum atomic E-state index is -3.60. The molecule has 1 N–H and O–H groups in total. The summed E-state index contributed by atoms with van der Waals surface area (Å²) in [5.41, 5.74) is 0. The molecular weight excluding hydrogens is 281 g/mol. The number of hydrogen-bond donors (Lipinski definition) is 1. The molecule has 1 aromatic rings. The number of nitrogens with one attached hydrogen (secondary N) is 1. The summed E-state index contributed by atoms with van der Waals surface area (Å²) in [6.45, 7) is 3.82. The van der Waals surface area contributed by atoms with Gasteiger partial charge in [0.05, 0.1) is 5.02 Å². The Morgan fingerprint density at radius 2 is 2.00 bits per heavy atom. The number of benzene rings is 1. The van der Waals surface area contributed by atoms with E-state index in [1.807, 2.05) is 13.8 Å². The van der Waals surface area contributed by atoms with Crippen molar-refractivity contribution in [1.29, 1.82) is 0 Å². The topological polar surface area (TPSA) is 46.2 Å². The SMILES string of the molecule is CCC[C@@H](C)NS(=O)(=O)c1cc(Cl)ccc1Cl. The molecule has 0 spiro atoms. The predicted molar refractivity (Wildman–Crippen MR) is 71.2 cm³/mol. The van der Waals surface area contributed by atoms with Crippen LogP contribution in [0.2, 0.25) is 10.0 Å². The van der Waals surface area contributed by atoms with Crippen molar-refractivity contribution in [2.75, 3.05) is 0 Å². The Hall–Kier alpha value is -0.290. The molecule has 0 bridgehead atoms. The molecule has 0 unspecified atom stereocenters. The van der Waals surface area contributed by atoms with Crippen LogP contribution < -0.4 is 4.72 Å². The molecule has 6 heteroatoms. The third-order valence-corrected chi connectivity index (χ3v) is 4.57. The van der Waals surface area contributed by atoms with Crippen LogP contribution >= 0.6 is 23.2 Å². The first-order valence-corrected chi connectivity index (χ1v) is 7.58. The maximum absolute atomic E-state index is 12.0. The molecule has 0 aliphatic rings. The Morgan fingerprint density at radius 3 is 2.59 bits per heavy atom. The molecule has 1 aromatic carbocycles. The van der Waals surface area contributed by atoms with Crippen LogP contribution in [0.3, 0.4) is 0 Å². The van der Waals surface area contributed by atoms with Gasteiger partial charge < -0.3 is 0 Å². The van der Waals surface area contributed by atoms with Gasteiger partial charge in [-0.2, -0.15) is 0 Å². The van der Waals surface area contributed by atoms with Crippen molar-refractivity contribution in [2.24, 2.45) is 0 Å². The Kier molecular flexibility index (Phi) is 5.25. The van der Waals surface area contributed by atoms with Crippen LogP contribution in [0.1, 0.15) is 26.7 Å². The maximum Gasteiger partial charge on any atom is 0.242 e. The summed E-state index contributed by atoms with van der Waals surface area (Å²) in [5, 5.41) is 0.517. The first kappa shape index (κ1) is 14.8. The van der Waals surface area contributed by atoms with Gasteiger partial charge in [0.1, 0.15) is 4.90 Å². The fourth-order valence-corrected chi connectivity index (χ4v) is 3.54. The van der Waals surface area contributed by atoms with Gasteiger partial charge in [-0.25, -0.2) is 13.1 Å². The van der Waals surface area contributed by atoms with E-state index in [2.05, 4.69) is 4.72 Å². The van der Waals surface area contributed by atoms with E-state index in [0.29, 0.717) is 5.02 Å². The van der Waals surface area contributed by atoms with Crippen molar-refractivity contribution in [1.82, 2.24) is 4.72 Å². The Labute approximate surface area is 112 Å².